The topological polar surface area (TPSA) is 58.3 Å². The average Bonchev–Trinajstić information content (AvgIpc) is 1.88. The van der Waals surface area contributed by atoms with Crippen molar-refractivity contribution < 1.29 is 5.11 Å². The average molecular weight is 132 g/mol. The molecule has 9 heavy (non-hydrogen) atoms. The molecule has 0 amide bonds. The SMILES string of the molecule is CNC(CCN)CCO. The van der Waals surface area contributed by atoms with E-state index in [9.17, 15) is 0 Å². The van der Waals surface area contributed by atoms with Crippen LogP contribution in [0.3, 0.4) is 0 Å². The first-order valence-corrected chi connectivity index (χ1v) is 3.33. The van der Waals surface area contributed by atoms with Crippen molar-refractivity contribution in [2.45, 2.75) is 18.9 Å². The molecule has 0 saturated heterocycles. The van der Waals surface area contributed by atoms with E-state index in [1.165, 1.54) is 0 Å². The lowest BCUT2D eigenvalue weighted by atomic mass is 10.1. The van der Waals surface area contributed by atoms with E-state index in [0.29, 0.717) is 12.6 Å². The van der Waals surface area contributed by atoms with E-state index < -0.39 is 0 Å². The Bertz CT molecular complexity index is 53.0. The Balaban J connectivity index is 3.18. The van der Waals surface area contributed by atoms with E-state index in [2.05, 4.69) is 5.32 Å². The summed E-state index contributed by atoms with van der Waals surface area (Å²) in [5, 5.41) is 11.6. The van der Waals surface area contributed by atoms with Crippen molar-refractivity contribution in [2.75, 3.05) is 20.2 Å². The molecule has 0 aliphatic heterocycles. The van der Waals surface area contributed by atoms with Crippen molar-refractivity contribution in [1.82, 2.24) is 5.32 Å². The molecule has 0 aromatic rings. The van der Waals surface area contributed by atoms with Crippen LogP contribution in [0.2, 0.25) is 0 Å². The van der Waals surface area contributed by atoms with Crippen LogP contribution in [-0.2, 0) is 0 Å². The van der Waals surface area contributed by atoms with E-state index in [1.54, 1.807) is 0 Å². The van der Waals surface area contributed by atoms with E-state index in [0.717, 1.165) is 12.8 Å². The van der Waals surface area contributed by atoms with Gasteiger partial charge < -0.3 is 16.2 Å². The summed E-state index contributed by atoms with van der Waals surface area (Å²) in [4.78, 5) is 0. The minimum atomic E-state index is 0.242. The molecular formula is C6H16N2O. The molecule has 0 aromatic carbocycles. The summed E-state index contributed by atoms with van der Waals surface area (Å²) < 4.78 is 0. The van der Waals surface area contributed by atoms with Gasteiger partial charge in [-0.25, -0.2) is 0 Å². The van der Waals surface area contributed by atoms with E-state index >= 15 is 0 Å². The Morgan fingerprint density at radius 2 is 2.22 bits per heavy atom. The molecule has 3 heteroatoms. The minimum absolute atomic E-state index is 0.242. The molecule has 0 fully saturated rings. The molecule has 56 valence electrons. The molecule has 0 aromatic heterocycles. The highest BCUT2D eigenvalue weighted by atomic mass is 16.3. The zero-order valence-electron chi connectivity index (χ0n) is 5.93. The molecule has 1 atom stereocenters. The summed E-state index contributed by atoms with van der Waals surface area (Å²) in [7, 11) is 1.88. The van der Waals surface area contributed by atoms with Gasteiger partial charge in [0.2, 0.25) is 0 Å². The number of hydrogen-bond acceptors (Lipinski definition) is 3. The Hall–Kier alpha value is -0.120. The van der Waals surface area contributed by atoms with Gasteiger partial charge in [0, 0.05) is 12.6 Å². The molecule has 0 heterocycles. The molecule has 0 aliphatic carbocycles. The number of hydrogen-bond donors (Lipinski definition) is 3. The third-order valence-electron chi connectivity index (χ3n) is 1.40. The molecule has 0 radical (unpaired) electrons. The number of aliphatic hydroxyl groups excluding tert-OH is 1. The molecule has 0 aliphatic rings. The van der Waals surface area contributed by atoms with Gasteiger partial charge in [-0.3, -0.25) is 0 Å². The molecule has 3 nitrogen and oxygen atoms in total. The van der Waals surface area contributed by atoms with Crippen LogP contribution in [0, 0.1) is 0 Å². The summed E-state index contributed by atoms with van der Waals surface area (Å²) in [5.74, 6) is 0. The maximum atomic E-state index is 8.51. The Morgan fingerprint density at radius 1 is 1.56 bits per heavy atom. The molecule has 1 unspecified atom stereocenters. The quantitative estimate of drug-likeness (QED) is 0.464. The van der Waals surface area contributed by atoms with Crippen LogP contribution < -0.4 is 11.1 Å². The highest BCUT2D eigenvalue weighted by Gasteiger charge is 2.01. The van der Waals surface area contributed by atoms with Gasteiger partial charge in [-0.1, -0.05) is 0 Å². The molecule has 0 spiro atoms. The normalized spacial score (nSPS) is 13.7. The van der Waals surface area contributed by atoms with Crippen molar-refractivity contribution in [3.63, 3.8) is 0 Å². The second-order valence-electron chi connectivity index (χ2n) is 2.08. The molecular weight excluding hydrogens is 116 g/mol. The monoisotopic (exact) mass is 132 g/mol. The van der Waals surface area contributed by atoms with Gasteiger partial charge in [0.25, 0.3) is 0 Å². The van der Waals surface area contributed by atoms with E-state index in [-0.39, 0.29) is 6.61 Å². The highest BCUT2D eigenvalue weighted by molar-refractivity contribution is 4.63. The van der Waals surface area contributed by atoms with Gasteiger partial charge in [0.1, 0.15) is 0 Å². The fourth-order valence-corrected chi connectivity index (χ4v) is 0.790. The van der Waals surface area contributed by atoms with Gasteiger partial charge in [0.05, 0.1) is 0 Å². The molecule has 0 saturated carbocycles. The first-order chi connectivity index (χ1) is 4.35. The third-order valence-corrected chi connectivity index (χ3v) is 1.40. The Labute approximate surface area is 56.2 Å². The number of aliphatic hydroxyl groups is 1. The fourth-order valence-electron chi connectivity index (χ4n) is 0.790. The van der Waals surface area contributed by atoms with Crippen LogP contribution in [0.1, 0.15) is 12.8 Å². The second-order valence-corrected chi connectivity index (χ2v) is 2.08. The summed E-state index contributed by atoms with van der Waals surface area (Å²) in [6.45, 7) is 0.928. The first-order valence-electron chi connectivity index (χ1n) is 3.33. The molecule has 4 N–H and O–H groups in total. The zero-order chi connectivity index (χ0) is 7.11. The zero-order valence-corrected chi connectivity index (χ0v) is 5.93. The summed E-state index contributed by atoms with van der Waals surface area (Å²) in [5.41, 5.74) is 5.31. The number of rotatable bonds is 5. The molecule has 0 rings (SSSR count). The van der Waals surface area contributed by atoms with Crippen molar-refractivity contribution in [3.8, 4) is 0 Å². The van der Waals surface area contributed by atoms with Crippen LogP contribution in [0.5, 0.6) is 0 Å². The number of nitrogens with one attached hydrogen (secondary N) is 1. The van der Waals surface area contributed by atoms with Crippen molar-refractivity contribution in [2.24, 2.45) is 5.73 Å². The number of nitrogens with two attached hydrogens (primary N) is 1. The van der Waals surface area contributed by atoms with Crippen LogP contribution in [0.25, 0.3) is 0 Å². The lowest BCUT2D eigenvalue weighted by Gasteiger charge is -2.12. The smallest absolute Gasteiger partial charge is 0.0445 e. The summed E-state index contributed by atoms with van der Waals surface area (Å²) >= 11 is 0. The lowest BCUT2D eigenvalue weighted by molar-refractivity contribution is 0.265. The van der Waals surface area contributed by atoms with Crippen LogP contribution in [-0.4, -0.2) is 31.3 Å². The predicted octanol–water partition coefficient (Wildman–Crippen LogP) is -0.694. The fraction of sp³-hybridized carbons (Fsp3) is 1.00. The Morgan fingerprint density at radius 3 is 2.56 bits per heavy atom. The van der Waals surface area contributed by atoms with Crippen molar-refractivity contribution in [3.05, 3.63) is 0 Å². The van der Waals surface area contributed by atoms with Gasteiger partial charge in [-0.05, 0) is 26.4 Å². The maximum Gasteiger partial charge on any atom is 0.0445 e. The lowest BCUT2D eigenvalue weighted by Crippen LogP contribution is -2.28. The van der Waals surface area contributed by atoms with Crippen LogP contribution in [0.4, 0.5) is 0 Å². The maximum absolute atomic E-state index is 8.51. The van der Waals surface area contributed by atoms with Gasteiger partial charge in [-0.15, -0.1) is 0 Å². The summed E-state index contributed by atoms with van der Waals surface area (Å²) in [6, 6.07) is 0.389. The van der Waals surface area contributed by atoms with E-state index in [4.69, 9.17) is 10.8 Å². The predicted molar refractivity (Wildman–Crippen MR) is 38.2 cm³/mol. The molecule has 0 bridgehead atoms. The largest absolute Gasteiger partial charge is 0.396 e. The third kappa shape index (κ3) is 4.39. The van der Waals surface area contributed by atoms with Crippen LogP contribution >= 0.6 is 0 Å². The van der Waals surface area contributed by atoms with Gasteiger partial charge in [0.15, 0.2) is 0 Å². The van der Waals surface area contributed by atoms with Crippen molar-refractivity contribution >= 4 is 0 Å². The second kappa shape index (κ2) is 6.01. The standard InChI is InChI=1S/C6H16N2O/c1-8-6(2-4-7)3-5-9/h6,8-9H,2-5,7H2,1H3. The van der Waals surface area contributed by atoms with E-state index in [1.807, 2.05) is 7.05 Å². The van der Waals surface area contributed by atoms with Gasteiger partial charge in [-0.2, -0.15) is 0 Å². The Kier molecular flexibility index (Phi) is 5.93. The summed E-state index contributed by atoms with van der Waals surface area (Å²) in [6.07, 6.45) is 1.74. The van der Waals surface area contributed by atoms with Crippen LogP contribution in [0.15, 0.2) is 0 Å². The highest BCUT2D eigenvalue weighted by Crippen LogP contribution is 1.93. The first kappa shape index (κ1) is 8.88. The minimum Gasteiger partial charge on any atom is -0.396 e. The van der Waals surface area contributed by atoms with Gasteiger partial charge >= 0.3 is 0 Å². The van der Waals surface area contributed by atoms with Crippen molar-refractivity contribution in [1.29, 1.82) is 0 Å².